The Kier molecular flexibility index (Phi) is 16.8. The van der Waals surface area contributed by atoms with E-state index in [0.29, 0.717) is 0 Å². The van der Waals surface area contributed by atoms with Gasteiger partial charge in [0.05, 0.1) is 66.3 Å². The van der Waals surface area contributed by atoms with Crippen LogP contribution >= 0.6 is 186 Å². The van der Waals surface area contributed by atoms with E-state index in [2.05, 4.69) is 97.1 Å². The zero-order valence-electron chi connectivity index (χ0n) is 32.2. The van der Waals surface area contributed by atoms with E-state index < -0.39 is 0 Å². The summed E-state index contributed by atoms with van der Waals surface area (Å²) in [4.78, 5) is 19.5. The molecule has 0 bridgehead atoms. The van der Waals surface area contributed by atoms with Crippen molar-refractivity contribution in [3.8, 4) is 0 Å². The first kappa shape index (κ1) is 45.6. The van der Waals surface area contributed by atoms with Crippen molar-refractivity contribution < 1.29 is 0 Å². The average Bonchev–Trinajstić information content (AvgIpc) is 4.16. The van der Waals surface area contributed by atoms with Crippen LogP contribution in [0.1, 0.15) is 0 Å². The number of fused-ring (bicyclic) bond motifs is 4. The molecule has 0 radical (unpaired) electrons. The van der Waals surface area contributed by atoms with Crippen LogP contribution in [-0.4, -0.2) is 66.0 Å². The van der Waals surface area contributed by atoms with Crippen molar-refractivity contribution in [2.75, 3.05) is 46.0 Å². The molecule has 0 N–H and O–H groups in total. The monoisotopic (exact) mass is 1100 g/mol. The highest BCUT2D eigenvalue weighted by molar-refractivity contribution is 8.45. The lowest BCUT2D eigenvalue weighted by atomic mass is 10.3. The summed E-state index contributed by atoms with van der Waals surface area (Å²) < 4.78 is 18.4. The summed E-state index contributed by atoms with van der Waals surface area (Å²) in [5, 5.41) is 0. The fourth-order valence-corrected chi connectivity index (χ4v) is 26.5. The number of thioether (sulfide) groups is 12. The Morgan fingerprint density at radius 3 is 0.758 bits per heavy atom. The fraction of sp³-hybridized carbons (Fsp3) is 0.190. The van der Waals surface area contributed by atoms with Crippen LogP contribution in [0.5, 0.6) is 0 Å². The first-order chi connectivity index (χ1) is 30.7. The molecule has 4 aromatic heterocycles. The van der Waals surface area contributed by atoms with Crippen molar-refractivity contribution >= 4 is 227 Å². The number of hydrogen-bond acceptors (Lipinski definition) is 20. The van der Waals surface area contributed by atoms with E-state index >= 15 is 0 Å². The third kappa shape index (κ3) is 11.9. The molecule has 0 spiro atoms. The third-order valence-corrected chi connectivity index (χ3v) is 29.8. The molecule has 0 amide bonds. The fourth-order valence-electron chi connectivity index (χ4n) is 5.77. The highest BCUT2D eigenvalue weighted by Crippen LogP contribution is 2.66. The molecule has 4 nitrogen and oxygen atoms in total. The number of hydrogen-bond donors (Lipinski definition) is 0. The van der Waals surface area contributed by atoms with E-state index in [0.717, 1.165) is 85.4 Å². The third-order valence-electron chi connectivity index (χ3n) is 8.51. The number of benzene rings is 4. The zero-order valence-corrected chi connectivity index (χ0v) is 45.3. The van der Waals surface area contributed by atoms with Crippen LogP contribution in [0.3, 0.4) is 0 Å². The van der Waals surface area contributed by atoms with Gasteiger partial charge in [0, 0.05) is 46.0 Å². The number of rotatable bonds is 20. The average molecular weight is 1110 g/mol. The van der Waals surface area contributed by atoms with Crippen molar-refractivity contribution in [3.05, 3.63) is 122 Å². The molecule has 0 unspecified atom stereocenters. The van der Waals surface area contributed by atoms with Crippen molar-refractivity contribution in [1.29, 1.82) is 0 Å². The van der Waals surface area contributed by atoms with Crippen LogP contribution in [0.15, 0.2) is 140 Å². The molecular formula is C42H32N4S16. The summed E-state index contributed by atoms with van der Waals surface area (Å²) in [5.41, 5.74) is 4.41. The summed E-state index contributed by atoms with van der Waals surface area (Å²) in [6.07, 6.45) is 0. The second-order valence-electron chi connectivity index (χ2n) is 12.7. The number of nitrogens with zero attached hydrogens (tertiary/aromatic N) is 4. The molecule has 0 aliphatic carbocycles. The van der Waals surface area contributed by atoms with E-state index in [1.165, 1.54) is 44.2 Å². The van der Waals surface area contributed by atoms with Gasteiger partial charge in [0.25, 0.3) is 0 Å². The minimum Gasteiger partial charge on any atom is -0.230 e. The van der Waals surface area contributed by atoms with Crippen LogP contribution < -0.4 is 0 Å². The second kappa shape index (κ2) is 22.8. The molecule has 20 heteroatoms. The summed E-state index contributed by atoms with van der Waals surface area (Å²) in [7, 11) is 0. The highest BCUT2D eigenvalue weighted by atomic mass is 32.3. The Labute approximate surface area is 427 Å². The zero-order chi connectivity index (χ0) is 41.5. The van der Waals surface area contributed by atoms with E-state index in [-0.39, 0.29) is 0 Å². The summed E-state index contributed by atoms with van der Waals surface area (Å²) >= 11 is 30.8. The second-order valence-corrected chi connectivity index (χ2v) is 32.3. The molecule has 8 aromatic rings. The molecule has 10 rings (SSSR count). The van der Waals surface area contributed by atoms with E-state index in [4.69, 9.17) is 19.9 Å². The van der Waals surface area contributed by atoms with Gasteiger partial charge in [-0.15, -0.1) is 92.4 Å². The molecule has 2 aliphatic heterocycles. The molecule has 0 saturated heterocycles. The minimum absolute atomic E-state index is 1.03. The van der Waals surface area contributed by atoms with Crippen LogP contribution in [0.4, 0.5) is 0 Å². The predicted octanol–water partition coefficient (Wildman–Crippen LogP) is 17.9. The van der Waals surface area contributed by atoms with E-state index in [1.54, 1.807) is 45.3 Å². The van der Waals surface area contributed by atoms with Crippen molar-refractivity contribution in [2.24, 2.45) is 0 Å². The molecule has 0 saturated carbocycles. The number of thiazole rings is 4. The van der Waals surface area contributed by atoms with Gasteiger partial charge in [0.2, 0.25) is 0 Å². The molecule has 4 aromatic carbocycles. The topological polar surface area (TPSA) is 51.6 Å². The Morgan fingerprint density at radius 1 is 0.290 bits per heavy atom. The van der Waals surface area contributed by atoms with E-state index in [1.807, 2.05) is 141 Å². The van der Waals surface area contributed by atoms with Gasteiger partial charge in [-0.25, -0.2) is 19.9 Å². The number of aromatic nitrogens is 4. The van der Waals surface area contributed by atoms with Crippen LogP contribution in [0, 0.1) is 0 Å². The van der Waals surface area contributed by atoms with Gasteiger partial charge in [-0.05, 0) is 48.5 Å². The van der Waals surface area contributed by atoms with Crippen LogP contribution in [-0.2, 0) is 0 Å². The van der Waals surface area contributed by atoms with Crippen molar-refractivity contribution in [3.63, 3.8) is 0 Å². The smallest absolute Gasteiger partial charge is 0.151 e. The Balaban J connectivity index is 0.797. The maximum atomic E-state index is 4.88. The molecular weight excluding hydrogens is 1070 g/mol. The van der Waals surface area contributed by atoms with Crippen molar-refractivity contribution in [2.45, 2.75) is 17.4 Å². The van der Waals surface area contributed by atoms with Gasteiger partial charge < -0.3 is 0 Å². The van der Waals surface area contributed by atoms with Gasteiger partial charge in [-0.3, -0.25) is 0 Å². The Morgan fingerprint density at radius 2 is 0.516 bits per heavy atom. The van der Waals surface area contributed by atoms with Crippen LogP contribution in [0.2, 0.25) is 0 Å². The predicted molar refractivity (Wildman–Crippen MR) is 303 cm³/mol. The SMILES string of the molecule is c1ccc2sc(SCCSC3=C(SCCSc4nc5ccccc5s4)SC(=C4SC(SCCSc5nc6ccccc6s5)=C(SCCSc5nc6ccccc6s5)S4)S3)nc2c1. The standard InChI is InChI=1S/C42H32N4S16/c1-5-13-29-25(9-1)43-39(55-29)51-21-17-47-33-34(48-18-22-52-40-44-26-10-2-6-14-30(26)56-40)60-37(59-33)38-61-35(49-19-23-53-41-45-27-11-3-7-15-31(27)57-41)36(62-38)50-20-24-54-42-46-28-12-4-8-16-32(28)58-42/h1-16H,17-24H2. The Hall–Kier alpha value is -0.140. The molecule has 62 heavy (non-hydrogen) atoms. The normalized spacial score (nSPS) is 14.7. The first-order valence-electron chi connectivity index (χ1n) is 19.1. The van der Waals surface area contributed by atoms with Gasteiger partial charge in [0.15, 0.2) is 17.4 Å². The van der Waals surface area contributed by atoms with Gasteiger partial charge in [-0.2, -0.15) is 0 Å². The molecule has 6 heterocycles. The molecule has 0 fully saturated rings. The quantitative estimate of drug-likeness (QED) is 0.0537. The highest BCUT2D eigenvalue weighted by Gasteiger charge is 2.31. The lowest BCUT2D eigenvalue weighted by molar-refractivity contribution is 1.30. The maximum Gasteiger partial charge on any atom is 0.151 e. The lowest BCUT2D eigenvalue weighted by Gasteiger charge is -2.04. The largest absolute Gasteiger partial charge is 0.230 e. The summed E-state index contributed by atoms with van der Waals surface area (Å²) in [5.74, 6) is 8.35. The molecule has 0 atom stereocenters. The lowest BCUT2D eigenvalue weighted by Crippen LogP contribution is -1.86. The van der Waals surface area contributed by atoms with Gasteiger partial charge >= 0.3 is 0 Å². The number of para-hydroxylation sites is 4. The molecule has 2 aliphatic rings. The minimum atomic E-state index is 1.03. The van der Waals surface area contributed by atoms with Gasteiger partial charge in [-0.1, -0.05) is 143 Å². The van der Waals surface area contributed by atoms with Crippen LogP contribution in [0.25, 0.3) is 40.9 Å². The van der Waals surface area contributed by atoms with Gasteiger partial charge in [0.1, 0.15) is 0 Å². The molecule has 316 valence electrons. The first-order valence-corrected chi connectivity index (χ1v) is 33.5. The van der Waals surface area contributed by atoms with E-state index in [9.17, 15) is 0 Å². The maximum absolute atomic E-state index is 4.88. The summed E-state index contributed by atoms with van der Waals surface area (Å²) in [6, 6.07) is 33.8. The van der Waals surface area contributed by atoms with Crippen molar-refractivity contribution in [1.82, 2.24) is 19.9 Å². The Bertz CT molecular complexity index is 2410. The summed E-state index contributed by atoms with van der Waals surface area (Å²) in [6.45, 7) is 0.